The second-order valence-electron chi connectivity index (χ2n) is 4.27. The number of piperidine rings is 1. The van der Waals surface area contributed by atoms with Crippen LogP contribution in [0.2, 0.25) is 0 Å². The zero-order valence-corrected chi connectivity index (χ0v) is 9.59. The fourth-order valence-corrected chi connectivity index (χ4v) is 1.94. The molecule has 2 rings (SSSR count). The van der Waals surface area contributed by atoms with Crippen molar-refractivity contribution in [2.24, 2.45) is 5.92 Å². The van der Waals surface area contributed by atoms with E-state index in [2.05, 4.69) is 5.32 Å². The second-order valence-corrected chi connectivity index (χ2v) is 4.27. The molecular formula is C12H16N2O3. The standard InChI is InChI=1S/C12H16N2O3/c15-14(16)11-3-5-12(6-4-11)17-9-10-2-1-7-13-8-10/h3-6,10,13H,1-2,7-9H2. The highest BCUT2D eigenvalue weighted by Gasteiger charge is 2.13. The summed E-state index contributed by atoms with van der Waals surface area (Å²) in [5, 5.41) is 13.8. The van der Waals surface area contributed by atoms with Gasteiger partial charge in [-0.2, -0.15) is 0 Å². The molecule has 1 aromatic carbocycles. The quantitative estimate of drug-likeness (QED) is 0.641. The van der Waals surface area contributed by atoms with Gasteiger partial charge in [0.2, 0.25) is 0 Å². The molecule has 1 heterocycles. The van der Waals surface area contributed by atoms with Gasteiger partial charge < -0.3 is 10.1 Å². The van der Waals surface area contributed by atoms with Crippen LogP contribution < -0.4 is 10.1 Å². The highest BCUT2D eigenvalue weighted by Crippen LogP contribution is 2.19. The topological polar surface area (TPSA) is 64.4 Å². The minimum absolute atomic E-state index is 0.0942. The minimum Gasteiger partial charge on any atom is -0.493 e. The van der Waals surface area contributed by atoms with Gasteiger partial charge in [-0.15, -0.1) is 0 Å². The molecule has 0 aromatic heterocycles. The molecule has 1 unspecified atom stereocenters. The van der Waals surface area contributed by atoms with Gasteiger partial charge in [-0.05, 0) is 31.5 Å². The highest BCUT2D eigenvalue weighted by molar-refractivity contribution is 5.35. The van der Waals surface area contributed by atoms with Gasteiger partial charge in [0.05, 0.1) is 11.5 Å². The number of hydrogen-bond donors (Lipinski definition) is 1. The lowest BCUT2D eigenvalue weighted by molar-refractivity contribution is -0.384. The summed E-state index contributed by atoms with van der Waals surface area (Å²) in [6.07, 6.45) is 2.37. The highest BCUT2D eigenvalue weighted by atomic mass is 16.6. The first-order valence-electron chi connectivity index (χ1n) is 5.83. The summed E-state index contributed by atoms with van der Waals surface area (Å²) in [5.41, 5.74) is 0.0942. The third-order valence-electron chi connectivity index (χ3n) is 2.93. The van der Waals surface area contributed by atoms with Crippen LogP contribution in [0.5, 0.6) is 5.75 Å². The first-order chi connectivity index (χ1) is 8.25. The minimum atomic E-state index is -0.408. The largest absolute Gasteiger partial charge is 0.493 e. The third-order valence-corrected chi connectivity index (χ3v) is 2.93. The maximum absolute atomic E-state index is 10.5. The number of nitrogens with one attached hydrogen (secondary N) is 1. The molecule has 1 saturated heterocycles. The molecule has 17 heavy (non-hydrogen) atoms. The van der Waals surface area contributed by atoms with Gasteiger partial charge in [-0.25, -0.2) is 0 Å². The van der Waals surface area contributed by atoms with Crippen molar-refractivity contribution in [3.8, 4) is 5.75 Å². The Hall–Kier alpha value is -1.62. The van der Waals surface area contributed by atoms with Crippen molar-refractivity contribution in [1.29, 1.82) is 0 Å². The number of benzene rings is 1. The van der Waals surface area contributed by atoms with Crippen molar-refractivity contribution in [1.82, 2.24) is 5.32 Å². The summed E-state index contributed by atoms with van der Waals surface area (Å²) in [6.45, 7) is 2.76. The van der Waals surface area contributed by atoms with Gasteiger partial charge in [0.25, 0.3) is 5.69 Å². The van der Waals surface area contributed by atoms with E-state index < -0.39 is 4.92 Å². The van der Waals surface area contributed by atoms with Crippen molar-refractivity contribution < 1.29 is 9.66 Å². The normalized spacial score (nSPS) is 19.9. The van der Waals surface area contributed by atoms with Crippen LogP contribution in [0.3, 0.4) is 0 Å². The Morgan fingerprint density at radius 3 is 2.76 bits per heavy atom. The van der Waals surface area contributed by atoms with Crippen molar-refractivity contribution >= 4 is 5.69 Å². The molecule has 0 aliphatic carbocycles. The summed E-state index contributed by atoms with van der Waals surface area (Å²) >= 11 is 0. The zero-order valence-electron chi connectivity index (χ0n) is 9.59. The van der Waals surface area contributed by atoms with E-state index in [9.17, 15) is 10.1 Å². The molecule has 5 nitrogen and oxygen atoms in total. The summed E-state index contributed by atoms with van der Waals surface area (Å²) in [6, 6.07) is 6.23. The molecule has 0 radical (unpaired) electrons. The number of ether oxygens (including phenoxy) is 1. The number of nitrogens with zero attached hydrogens (tertiary/aromatic N) is 1. The van der Waals surface area contributed by atoms with Gasteiger partial charge in [0.15, 0.2) is 0 Å². The van der Waals surface area contributed by atoms with Crippen molar-refractivity contribution in [2.75, 3.05) is 19.7 Å². The Morgan fingerprint density at radius 1 is 1.41 bits per heavy atom. The maximum Gasteiger partial charge on any atom is 0.269 e. The number of rotatable bonds is 4. The molecule has 92 valence electrons. The van der Waals surface area contributed by atoms with Crippen LogP contribution >= 0.6 is 0 Å². The van der Waals surface area contributed by atoms with Crippen LogP contribution in [0.1, 0.15) is 12.8 Å². The van der Waals surface area contributed by atoms with E-state index >= 15 is 0 Å². The average molecular weight is 236 g/mol. The number of nitro benzene ring substituents is 1. The van der Waals surface area contributed by atoms with E-state index in [1.165, 1.54) is 25.0 Å². The number of nitro groups is 1. The molecule has 0 saturated carbocycles. The van der Waals surface area contributed by atoms with Gasteiger partial charge in [-0.1, -0.05) is 0 Å². The molecule has 1 atom stereocenters. The van der Waals surface area contributed by atoms with Crippen molar-refractivity contribution in [3.05, 3.63) is 34.4 Å². The van der Waals surface area contributed by atoms with Crippen LogP contribution in [0.4, 0.5) is 5.69 Å². The number of hydrogen-bond acceptors (Lipinski definition) is 4. The third kappa shape index (κ3) is 3.42. The Balaban J connectivity index is 1.84. The molecule has 1 aromatic rings. The summed E-state index contributed by atoms with van der Waals surface area (Å²) in [7, 11) is 0. The molecule has 1 aliphatic heterocycles. The predicted molar refractivity (Wildman–Crippen MR) is 64.2 cm³/mol. The fraction of sp³-hybridized carbons (Fsp3) is 0.500. The van der Waals surface area contributed by atoms with Crippen molar-refractivity contribution in [2.45, 2.75) is 12.8 Å². The Kier molecular flexibility index (Phi) is 3.93. The maximum atomic E-state index is 10.5. The lowest BCUT2D eigenvalue weighted by Crippen LogP contribution is -2.33. The molecule has 1 fully saturated rings. The zero-order chi connectivity index (χ0) is 12.1. The van der Waals surface area contributed by atoms with Crippen LogP contribution in [0.25, 0.3) is 0 Å². The van der Waals surface area contributed by atoms with E-state index in [1.807, 2.05) is 0 Å². The van der Waals surface area contributed by atoms with E-state index in [0.29, 0.717) is 18.3 Å². The van der Waals surface area contributed by atoms with Crippen LogP contribution in [-0.4, -0.2) is 24.6 Å². The SMILES string of the molecule is O=[N+]([O-])c1ccc(OCC2CCCNC2)cc1. The molecule has 0 spiro atoms. The average Bonchev–Trinajstić information content (AvgIpc) is 2.38. The lowest BCUT2D eigenvalue weighted by Gasteiger charge is -2.22. The van der Waals surface area contributed by atoms with Gasteiger partial charge in [-0.3, -0.25) is 10.1 Å². The summed E-state index contributed by atoms with van der Waals surface area (Å²) in [5.74, 6) is 1.24. The van der Waals surface area contributed by atoms with Gasteiger partial charge in [0, 0.05) is 24.6 Å². The van der Waals surface area contributed by atoms with E-state index in [-0.39, 0.29) is 5.69 Å². The molecular weight excluding hydrogens is 220 g/mol. The smallest absolute Gasteiger partial charge is 0.269 e. The molecule has 0 amide bonds. The molecule has 1 N–H and O–H groups in total. The summed E-state index contributed by atoms with van der Waals surface area (Å²) in [4.78, 5) is 10.1. The van der Waals surface area contributed by atoms with Gasteiger partial charge >= 0.3 is 0 Å². The van der Waals surface area contributed by atoms with Crippen LogP contribution in [-0.2, 0) is 0 Å². The first-order valence-corrected chi connectivity index (χ1v) is 5.83. The van der Waals surface area contributed by atoms with Crippen LogP contribution in [0, 0.1) is 16.0 Å². The van der Waals surface area contributed by atoms with Gasteiger partial charge in [0.1, 0.15) is 5.75 Å². The summed E-state index contributed by atoms with van der Waals surface area (Å²) < 4.78 is 5.62. The lowest BCUT2D eigenvalue weighted by atomic mass is 10.0. The monoisotopic (exact) mass is 236 g/mol. The molecule has 5 heteroatoms. The number of non-ortho nitro benzene ring substituents is 1. The fourth-order valence-electron chi connectivity index (χ4n) is 1.94. The Labute approximate surface area is 99.9 Å². The Morgan fingerprint density at radius 2 is 2.18 bits per heavy atom. The second kappa shape index (κ2) is 5.63. The van der Waals surface area contributed by atoms with Crippen LogP contribution in [0.15, 0.2) is 24.3 Å². The Bertz CT molecular complexity index is 372. The molecule has 0 bridgehead atoms. The first kappa shape index (κ1) is 11.9. The predicted octanol–water partition coefficient (Wildman–Crippen LogP) is 1.97. The van der Waals surface area contributed by atoms with E-state index in [4.69, 9.17) is 4.74 Å². The van der Waals surface area contributed by atoms with E-state index in [1.54, 1.807) is 12.1 Å². The van der Waals surface area contributed by atoms with E-state index in [0.717, 1.165) is 13.1 Å². The molecule has 1 aliphatic rings. The van der Waals surface area contributed by atoms with Crippen molar-refractivity contribution in [3.63, 3.8) is 0 Å².